The molecule has 0 radical (unpaired) electrons. The Kier molecular flexibility index (Phi) is 5.26. The molecule has 1 N–H and O–H groups in total. The van der Waals surface area contributed by atoms with Crippen LogP contribution >= 0.6 is 0 Å². The lowest BCUT2D eigenvalue weighted by Gasteiger charge is -2.43. The van der Waals surface area contributed by atoms with Crippen molar-refractivity contribution in [2.45, 2.75) is 46.1 Å². The van der Waals surface area contributed by atoms with E-state index in [1.54, 1.807) is 12.1 Å². The van der Waals surface area contributed by atoms with Crippen molar-refractivity contribution in [1.82, 2.24) is 5.32 Å². The molecule has 1 fully saturated rings. The molecule has 2 nitrogen and oxygen atoms in total. The molecule has 118 valence electrons. The van der Waals surface area contributed by atoms with Crippen LogP contribution in [0.25, 0.3) is 0 Å². The predicted molar refractivity (Wildman–Crippen MR) is 88.3 cm³/mol. The minimum Gasteiger partial charge on any atom is -0.371 e. The number of nitrogens with zero attached hydrogens (tertiary/aromatic N) is 1. The molecule has 1 aromatic rings. The highest BCUT2D eigenvalue weighted by atomic mass is 19.1. The van der Waals surface area contributed by atoms with Crippen LogP contribution in [0.2, 0.25) is 0 Å². The van der Waals surface area contributed by atoms with E-state index < -0.39 is 0 Å². The first-order valence-electron chi connectivity index (χ1n) is 8.13. The van der Waals surface area contributed by atoms with Gasteiger partial charge in [0, 0.05) is 24.8 Å². The molecule has 1 saturated carbocycles. The van der Waals surface area contributed by atoms with Crippen molar-refractivity contribution in [3.63, 3.8) is 0 Å². The largest absolute Gasteiger partial charge is 0.371 e. The van der Waals surface area contributed by atoms with Gasteiger partial charge in [-0.15, -0.1) is 0 Å². The second kappa shape index (κ2) is 6.78. The van der Waals surface area contributed by atoms with Gasteiger partial charge < -0.3 is 10.2 Å². The fourth-order valence-electron chi connectivity index (χ4n) is 3.66. The number of hydrogen-bond donors (Lipinski definition) is 1. The molecule has 21 heavy (non-hydrogen) atoms. The van der Waals surface area contributed by atoms with E-state index in [4.69, 9.17) is 0 Å². The Morgan fingerprint density at radius 3 is 2.52 bits per heavy atom. The van der Waals surface area contributed by atoms with Crippen LogP contribution in [0.15, 0.2) is 24.3 Å². The first-order chi connectivity index (χ1) is 9.95. The normalized spacial score (nSPS) is 24.8. The molecule has 2 atom stereocenters. The van der Waals surface area contributed by atoms with E-state index in [0.717, 1.165) is 18.8 Å². The lowest BCUT2D eigenvalue weighted by molar-refractivity contribution is 0.145. The van der Waals surface area contributed by atoms with Crippen molar-refractivity contribution in [2.75, 3.05) is 25.0 Å². The van der Waals surface area contributed by atoms with Crippen LogP contribution in [0.3, 0.4) is 0 Å². The summed E-state index contributed by atoms with van der Waals surface area (Å²) < 4.78 is 13.1. The zero-order valence-electron chi connectivity index (χ0n) is 13.8. The number of nitrogens with one attached hydrogen (secondary N) is 1. The second-order valence-electron chi connectivity index (χ2n) is 7.08. The third-order valence-electron chi connectivity index (χ3n) is 4.92. The Morgan fingerprint density at radius 1 is 1.29 bits per heavy atom. The highest BCUT2D eigenvalue weighted by Gasteiger charge is 2.34. The number of rotatable bonds is 5. The van der Waals surface area contributed by atoms with E-state index in [1.807, 2.05) is 12.1 Å². The summed E-state index contributed by atoms with van der Waals surface area (Å²) in [5.74, 6) is 0.477. The Bertz CT molecular complexity index is 441. The van der Waals surface area contributed by atoms with Gasteiger partial charge in [0.1, 0.15) is 5.82 Å². The molecule has 0 aromatic heterocycles. The van der Waals surface area contributed by atoms with Gasteiger partial charge in [0.05, 0.1) is 0 Å². The summed E-state index contributed by atoms with van der Waals surface area (Å²) in [6.07, 6.45) is 3.78. The van der Waals surface area contributed by atoms with Crippen LogP contribution in [0.5, 0.6) is 0 Å². The summed E-state index contributed by atoms with van der Waals surface area (Å²) in [5.41, 5.74) is 1.55. The maximum atomic E-state index is 13.1. The van der Waals surface area contributed by atoms with Crippen LogP contribution < -0.4 is 10.2 Å². The molecule has 1 aliphatic carbocycles. The summed E-state index contributed by atoms with van der Waals surface area (Å²) in [7, 11) is 2.07. The van der Waals surface area contributed by atoms with Gasteiger partial charge in [-0.25, -0.2) is 4.39 Å². The molecule has 0 spiro atoms. The van der Waals surface area contributed by atoms with Crippen LogP contribution in [0.4, 0.5) is 10.1 Å². The molecule has 3 heteroatoms. The monoisotopic (exact) mass is 292 g/mol. The Hall–Kier alpha value is -1.09. The highest BCUT2D eigenvalue weighted by Crippen LogP contribution is 2.39. The first kappa shape index (κ1) is 16.3. The van der Waals surface area contributed by atoms with E-state index in [1.165, 1.54) is 19.3 Å². The quantitative estimate of drug-likeness (QED) is 0.880. The molecule has 0 heterocycles. The molecule has 0 amide bonds. The fourth-order valence-corrected chi connectivity index (χ4v) is 3.66. The lowest BCUT2D eigenvalue weighted by Crippen LogP contribution is -2.46. The summed E-state index contributed by atoms with van der Waals surface area (Å²) in [6.45, 7) is 8.92. The average molecular weight is 292 g/mol. The highest BCUT2D eigenvalue weighted by molar-refractivity contribution is 5.46. The topological polar surface area (TPSA) is 15.3 Å². The van der Waals surface area contributed by atoms with Crippen molar-refractivity contribution in [3.8, 4) is 0 Å². The molecule has 0 aliphatic heterocycles. The molecular weight excluding hydrogens is 263 g/mol. The van der Waals surface area contributed by atoms with Crippen LogP contribution in [0, 0.1) is 17.2 Å². The fraction of sp³-hybridized carbons (Fsp3) is 0.667. The third kappa shape index (κ3) is 4.19. The number of halogens is 1. The Labute approximate surface area is 128 Å². The molecule has 0 saturated heterocycles. The molecule has 1 aliphatic rings. The van der Waals surface area contributed by atoms with Crippen molar-refractivity contribution in [1.29, 1.82) is 0 Å². The van der Waals surface area contributed by atoms with Gasteiger partial charge in [-0.05, 0) is 68.8 Å². The Morgan fingerprint density at radius 2 is 1.95 bits per heavy atom. The minimum absolute atomic E-state index is 0.165. The number of benzene rings is 1. The van der Waals surface area contributed by atoms with E-state index in [2.05, 4.69) is 38.0 Å². The minimum atomic E-state index is -0.165. The van der Waals surface area contributed by atoms with Crippen LogP contribution in [-0.4, -0.2) is 26.2 Å². The van der Waals surface area contributed by atoms with Crippen molar-refractivity contribution >= 4 is 5.69 Å². The smallest absolute Gasteiger partial charge is 0.123 e. The van der Waals surface area contributed by atoms with Gasteiger partial charge in [-0.2, -0.15) is 0 Å². The lowest BCUT2D eigenvalue weighted by atomic mass is 9.69. The van der Waals surface area contributed by atoms with Gasteiger partial charge in [0.2, 0.25) is 0 Å². The van der Waals surface area contributed by atoms with Gasteiger partial charge >= 0.3 is 0 Å². The van der Waals surface area contributed by atoms with Crippen molar-refractivity contribution in [3.05, 3.63) is 30.1 Å². The zero-order chi connectivity index (χ0) is 15.5. The molecule has 2 rings (SSSR count). The van der Waals surface area contributed by atoms with E-state index >= 15 is 0 Å². The Balaban J connectivity index is 2.10. The predicted octanol–water partition coefficient (Wildman–Crippen LogP) is 4.07. The van der Waals surface area contributed by atoms with Gasteiger partial charge in [-0.1, -0.05) is 13.8 Å². The third-order valence-corrected chi connectivity index (χ3v) is 4.92. The summed E-state index contributed by atoms with van der Waals surface area (Å²) in [4.78, 5) is 2.37. The number of anilines is 1. The molecule has 1 aromatic carbocycles. The summed E-state index contributed by atoms with van der Waals surface area (Å²) >= 11 is 0. The van der Waals surface area contributed by atoms with Gasteiger partial charge in [0.25, 0.3) is 0 Å². The van der Waals surface area contributed by atoms with Crippen LogP contribution in [-0.2, 0) is 0 Å². The molecule has 0 bridgehead atoms. The SMILES string of the molecule is CCN(CC1CC(C)(C)CCC1NC)c1ccc(F)cc1. The summed E-state index contributed by atoms with van der Waals surface area (Å²) in [5, 5.41) is 3.50. The van der Waals surface area contributed by atoms with Crippen molar-refractivity contribution < 1.29 is 4.39 Å². The molecular formula is C18H29FN2. The number of hydrogen-bond acceptors (Lipinski definition) is 2. The first-order valence-corrected chi connectivity index (χ1v) is 8.13. The standard InChI is InChI=1S/C18H29FN2/c1-5-21(16-8-6-15(19)7-9-16)13-14-12-18(2,3)11-10-17(14)20-4/h6-9,14,17,20H,5,10-13H2,1-4H3. The molecule has 2 unspecified atom stereocenters. The van der Waals surface area contributed by atoms with Crippen molar-refractivity contribution in [2.24, 2.45) is 11.3 Å². The van der Waals surface area contributed by atoms with E-state index in [-0.39, 0.29) is 5.82 Å². The summed E-state index contributed by atoms with van der Waals surface area (Å²) in [6, 6.07) is 7.48. The van der Waals surface area contributed by atoms with Gasteiger partial charge in [0.15, 0.2) is 0 Å². The van der Waals surface area contributed by atoms with Crippen LogP contribution in [0.1, 0.15) is 40.0 Å². The second-order valence-corrected chi connectivity index (χ2v) is 7.08. The average Bonchev–Trinajstić information content (AvgIpc) is 2.45. The zero-order valence-corrected chi connectivity index (χ0v) is 13.8. The van der Waals surface area contributed by atoms with E-state index in [0.29, 0.717) is 17.4 Å². The van der Waals surface area contributed by atoms with Gasteiger partial charge in [-0.3, -0.25) is 0 Å². The maximum absolute atomic E-state index is 13.1. The maximum Gasteiger partial charge on any atom is 0.123 e. The van der Waals surface area contributed by atoms with E-state index in [9.17, 15) is 4.39 Å².